The summed E-state index contributed by atoms with van der Waals surface area (Å²) < 4.78 is 0. The van der Waals surface area contributed by atoms with Crippen molar-refractivity contribution in [3.05, 3.63) is 28.8 Å². The third-order valence-corrected chi connectivity index (χ3v) is 3.99. The van der Waals surface area contributed by atoms with Crippen molar-refractivity contribution in [2.24, 2.45) is 0 Å². The van der Waals surface area contributed by atoms with Crippen LogP contribution in [-0.4, -0.2) is 29.6 Å². The first kappa shape index (κ1) is 15.8. The lowest BCUT2D eigenvalue weighted by atomic mass is 9.97. The molecule has 0 aromatic heterocycles. The topological polar surface area (TPSA) is 78.4 Å². The van der Waals surface area contributed by atoms with Gasteiger partial charge >= 0.3 is 0 Å². The fraction of sp³-hybridized carbons (Fsp3) is 0.467. The van der Waals surface area contributed by atoms with Gasteiger partial charge in [-0.1, -0.05) is 24.4 Å². The first-order valence-corrected chi connectivity index (χ1v) is 7.35. The minimum absolute atomic E-state index is 0.0445. The van der Waals surface area contributed by atoms with E-state index in [1.807, 2.05) is 0 Å². The Kier molecular flexibility index (Phi) is 4.85. The van der Waals surface area contributed by atoms with Crippen molar-refractivity contribution in [3.63, 3.8) is 0 Å². The van der Waals surface area contributed by atoms with Gasteiger partial charge in [0.1, 0.15) is 0 Å². The van der Waals surface area contributed by atoms with Crippen molar-refractivity contribution in [2.45, 2.75) is 37.7 Å². The SMILES string of the molecule is CNC(=O)c1cc(Cl)ccc1NC(=O)CC1(O)CCCC1. The normalized spacial score (nSPS) is 16.5. The molecule has 6 heteroatoms. The minimum atomic E-state index is -0.913. The second-order valence-electron chi connectivity index (χ2n) is 5.43. The fourth-order valence-electron chi connectivity index (χ4n) is 2.65. The average molecular weight is 311 g/mol. The average Bonchev–Trinajstić information content (AvgIpc) is 2.86. The zero-order valence-corrected chi connectivity index (χ0v) is 12.7. The summed E-state index contributed by atoms with van der Waals surface area (Å²) in [4.78, 5) is 23.9. The number of benzene rings is 1. The number of carbonyl (C=O) groups excluding carboxylic acids is 2. The van der Waals surface area contributed by atoms with Crippen LogP contribution in [0.3, 0.4) is 0 Å². The number of carbonyl (C=O) groups is 2. The van der Waals surface area contributed by atoms with Crippen LogP contribution in [0.5, 0.6) is 0 Å². The van der Waals surface area contributed by atoms with Crippen LogP contribution in [0.25, 0.3) is 0 Å². The highest BCUT2D eigenvalue weighted by molar-refractivity contribution is 6.31. The van der Waals surface area contributed by atoms with Crippen LogP contribution >= 0.6 is 11.6 Å². The molecule has 2 amide bonds. The van der Waals surface area contributed by atoms with Gasteiger partial charge in [0.15, 0.2) is 0 Å². The molecule has 0 radical (unpaired) electrons. The second-order valence-corrected chi connectivity index (χ2v) is 5.86. The van der Waals surface area contributed by atoms with Gasteiger partial charge in [-0.15, -0.1) is 0 Å². The molecule has 0 saturated heterocycles. The molecular weight excluding hydrogens is 292 g/mol. The van der Waals surface area contributed by atoms with Gasteiger partial charge in [-0.3, -0.25) is 9.59 Å². The molecule has 0 unspecified atom stereocenters. The summed E-state index contributed by atoms with van der Waals surface area (Å²) in [6, 6.07) is 4.69. The molecule has 1 saturated carbocycles. The number of nitrogens with one attached hydrogen (secondary N) is 2. The van der Waals surface area contributed by atoms with E-state index in [2.05, 4.69) is 10.6 Å². The van der Waals surface area contributed by atoms with E-state index in [9.17, 15) is 14.7 Å². The van der Waals surface area contributed by atoms with Gasteiger partial charge in [0.05, 0.1) is 23.3 Å². The maximum Gasteiger partial charge on any atom is 0.253 e. The fourth-order valence-corrected chi connectivity index (χ4v) is 2.82. The van der Waals surface area contributed by atoms with E-state index in [1.54, 1.807) is 12.1 Å². The van der Waals surface area contributed by atoms with Crippen LogP contribution in [0.2, 0.25) is 5.02 Å². The minimum Gasteiger partial charge on any atom is -0.389 e. The Bertz CT molecular complexity index is 554. The Labute approximate surface area is 128 Å². The monoisotopic (exact) mass is 310 g/mol. The van der Waals surface area contributed by atoms with Crippen molar-refractivity contribution in [3.8, 4) is 0 Å². The quantitative estimate of drug-likeness (QED) is 0.798. The lowest BCUT2D eigenvalue weighted by molar-refractivity contribution is -0.120. The Morgan fingerprint density at radius 1 is 1.33 bits per heavy atom. The van der Waals surface area contributed by atoms with Crippen LogP contribution in [-0.2, 0) is 4.79 Å². The predicted molar refractivity (Wildman–Crippen MR) is 81.5 cm³/mol. The smallest absolute Gasteiger partial charge is 0.253 e. The zero-order valence-electron chi connectivity index (χ0n) is 11.9. The second kappa shape index (κ2) is 6.45. The molecule has 1 aromatic rings. The number of aliphatic hydroxyl groups is 1. The molecule has 2 rings (SSSR count). The van der Waals surface area contributed by atoms with Crippen LogP contribution in [0, 0.1) is 0 Å². The summed E-state index contributed by atoms with van der Waals surface area (Å²) in [6.07, 6.45) is 3.21. The van der Waals surface area contributed by atoms with Gasteiger partial charge in [0, 0.05) is 12.1 Å². The number of rotatable bonds is 4. The van der Waals surface area contributed by atoms with Gasteiger partial charge < -0.3 is 15.7 Å². The molecule has 0 heterocycles. The van der Waals surface area contributed by atoms with Crippen LogP contribution in [0.1, 0.15) is 42.5 Å². The van der Waals surface area contributed by atoms with Crippen LogP contribution < -0.4 is 10.6 Å². The van der Waals surface area contributed by atoms with Gasteiger partial charge in [0.2, 0.25) is 5.91 Å². The van der Waals surface area contributed by atoms with E-state index >= 15 is 0 Å². The van der Waals surface area contributed by atoms with E-state index in [1.165, 1.54) is 13.1 Å². The lowest BCUT2D eigenvalue weighted by Crippen LogP contribution is -2.31. The number of hydrogen-bond donors (Lipinski definition) is 3. The summed E-state index contributed by atoms with van der Waals surface area (Å²) in [5, 5.41) is 15.9. The molecule has 1 aliphatic rings. The zero-order chi connectivity index (χ0) is 15.5. The number of hydrogen-bond acceptors (Lipinski definition) is 3. The Hall–Kier alpha value is -1.59. The van der Waals surface area contributed by atoms with Crippen molar-refractivity contribution >= 4 is 29.1 Å². The van der Waals surface area contributed by atoms with Gasteiger partial charge in [-0.25, -0.2) is 0 Å². The number of halogens is 1. The Balaban J connectivity index is 2.11. The third-order valence-electron chi connectivity index (χ3n) is 3.75. The summed E-state index contributed by atoms with van der Waals surface area (Å²) in [7, 11) is 1.51. The molecule has 0 spiro atoms. The Morgan fingerprint density at radius 2 is 2.00 bits per heavy atom. The molecule has 1 fully saturated rings. The highest BCUT2D eigenvalue weighted by Crippen LogP contribution is 2.32. The summed E-state index contributed by atoms with van der Waals surface area (Å²) in [6.45, 7) is 0. The highest BCUT2D eigenvalue weighted by Gasteiger charge is 2.33. The van der Waals surface area contributed by atoms with E-state index < -0.39 is 5.60 Å². The first-order chi connectivity index (χ1) is 9.93. The molecule has 0 aliphatic heterocycles. The first-order valence-electron chi connectivity index (χ1n) is 6.97. The lowest BCUT2D eigenvalue weighted by Gasteiger charge is -2.21. The molecule has 0 atom stereocenters. The molecular formula is C15H19ClN2O3. The maximum absolute atomic E-state index is 12.1. The van der Waals surface area contributed by atoms with E-state index in [0.717, 1.165) is 12.8 Å². The van der Waals surface area contributed by atoms with E-state index in [-0.39, 0.29) is 18.2 Å². The summed E-state index contributed by atoms with van der Waals surface area (Å²) in [5.41, 5.74) is -0.217. The largest absolute Gasteiger partial charge is 0.389 e. The van der Waals surface area contributed by atoms with Crippen LogP contribution in [0.15, 0.2) is 18.2 Å². The molecule has 114 valence electrons. The van der Waals surface area contributed by atoms with Crippen molar-refractivity contribution < 1.29 is 14.7 Å². The summed E-state index contributed by atoms with van der Waals surface area (Å²) in [5.74, 6) is -0.626. The molecule has 21 heavy (non-hydrogen) atoms. The molecule has 1 aromatic carbocycles. The predicted octanol–water partition coefficient (Wildman–Crippen LogP) is 2.33. The molecule has 5 nitrogen and oxygen atoms in total. The molecule has 3 N–H and O–H groups in total. The highest BCUT2D eigenvalue weighted by atomic mass is 35.5. The van der Waals surface area contributed by atoms with Crippen molar-refractivity contribution in [1.82, 2.24) is 5.32 Å². The number of amides is 2. The van der Waals surface area contributed by atoms with E-state index in [4.69, 9.17) is 11.6 Å². The van der Waals surface area contributed by atoms with Crippen molar-refractivity contribution in [2.75, 3.05) is 12.4 Å². The Morgan fingerprint density at radius 3 is 2.62 bits per heavy atom. The van der Waals surface area contributed by atoms with Gasteiger partial charge in [0.25, 0.3) is 5.91 Å². The van der Waals surface area contributed by atoms with Crippen molar-refractivity contribution in [1.29, 1.82) is 0 Å². The number of anilines is 1. The van der Waals surface area contributed by atoms with Gasteiger partial charge in [-0.05, 0) is 31.0 Å². The van der Waals surface area contributed by atoms with Crippen LogP contribution in [0.4, 0.5) is 5.69 Å². The van der Waals surface area contributed by atoms with Gasteiger partial charge in [-0.2, -0.15) is 0 Å². The summed E-state index contributed by atoms with van der Waals surface area (Å²) >= 11 is 5.88. The van der Waals surface area contributed by atoms with E-state index in [0.29, 0.717) is 29.1 Å². The maximum atomic E-state index is 12.1. The third kappa shape index (κ3) is 3.95. The molecule has 0 bridgehead atoms. The standard InChI is InChI=1S/C15H19ClN2O3/c1-17-14(20)11-8-10(16)4-5-12(11)18-13(19)9-15(21)6-2-3-7-15/h4-5,8,21H,2-3,6-7,9H2,1H3,(H,17,20)(H,18,19). The molecule has 1 aliphatic carbocycles.